The van der Waals surface area contributed by atoms with E-state index in [9.17, 15) is 0 Å². The van der Waals surface area contributed by atoms with Gasteiger partial charge in [0.15, 0.2) is 0 Å². The Balaban J connectivity index is 0.00000157. The van der Waals surface area contributed by atoms with Crippen LogP contribution in [0.1, 0.15) is 37.3 Å². The summed E-state index contributed by atoms with van der Waals surface area (Å²) >= 11 is 0. The third kappa shape index (κ3) is 2.58. The van der Waals surface area contributed by atoms with Gasteiger partial charge in [0.25, 0.3) is 0 Å². The second kappa shape index (κ2) is 5.99. The minimum atomic E-state index is 0. The van der Waals surface area contributed by atoms with Crippen molar-refractivity contribution in [2.75, 3.05) is 13.1 Å². The zero-order valence-electron chi connectivity index (χ0n) is 14.2. The van der Waals surface area contributed by atoms with Crippen molar-refractivity contribution in [1.29, 1.82) is 0 Å². The molecule has 2 fully saturated rings. The molecule has 1 aliphatic carbocycles. The van der Waals surface area contributed by atoms with Gasteiger partial charge in [-0.25, -0.2) is 0 Å². The Labute approximate surface area is 148 Å². The number of fused-ring (bicyclic) bond motifs is 2. The van der Waals surface area contributed by atoms with Gasteiger partial charge in [-0.2, -0.15) is 10.2 Å². The molecule has 0 radical (unpaired) electrons. The molecular weight excluding hydrogens is 310 g/mol. The molecule has 2 aromatic heterocycles. The normalized spacial score (nSPS) is 25.3. The summed E-state index contributed by atoms with van der Waals surface area (Å²) in [6.07, 6.45) is 6.57. The van der Waals surface area contributed by atoms with Crippen molar-refractivity contribution < 1.29 is 0 Å². The molecule has 1 aliphatic heterocycles. The first kappa shape index (κ1) is 16.3. The quantitative estimate of drug-likeness (QED) is 0.751. The van der Waals surface area contributed by atoms with E-state index in [1.54, 1.807) is 0 Å². The fraction of sp³-hybridized carbons (Fsp3) is 0.500. The number of aromatic nitrogens is 4. The third-order valence-corrected chi connectivity index (χ3v) is 6.02. The molecule has 25 heavy (non-hydrogen) atoms. The second-order valence-corrected chi connectivity index (χ2v) is 7.58. The molecule has 1 saturated heterocycles. The molecule has 5 nitrogen and oxygen atoms in total. The molecule has 1 aromatic carbocycles. The van der Waals surface area contributed by atoms with Crippen LogP contribution in [-0.4, -0.2) is 33.1 Å². The Morgan fingerprint density at radius 2 is 1.92 bits per heavy atom. The van der Waals surface area contributed by atoms with Crippen LogP contribution in [0.4, 0.5) is 0 Å². The second-order valence-electron chi connectivity index (χ2n) is 7.58. The molecule has 2 atom stereocenters. The molecule has 0 bridgehead atoms. The molecule has 1 saturated carbocycles. The lowest BCUT2D eigenvalue weighted by molar-refractivity contribution is 0.494. The zero-order chi connectivity index (χ0) is 16.3. The van der Waals surface area contributed by atoms with E-state index in [1.807, 2.05) is 24.1 Å². The molecule has 3 aromatic rings. The molecule has 5 heteroatoms. The van der Waals surface area contributed by atoms with Crippen LogP contribution in [0.2, 0.25) is 0 Å². The average Bonchev–Trinajstić information content (AvgIpc) is 3.28. The van der Waals surface area contributed by atoms with Crippen molar-refractivity contribution in [2.24, 2.45) is 18.9 Å². The van der Waals surface area contributed by atoms with Crippen molar-refractivity contribution in [3.05, 3.63) is 35.7 Å². The summed E-state index contributed by atoms with van der Waals surface area (Å²) in [5.74, 6) is 2.43. The van der Waals surface area contributed by atoms with Crippen LogP contribution >= 0.6 is 0 Å². The van der Waals surface area contributed by atoms with Crippen LogP contribution in [0.25, 0.3) is 22.2 Å². The molecule has 0 amide bonds. The van der Waals surface area contributed by atoms with Gasteiger partial charge in [0.2, 0.25) is 0 Å². The Bertz CT molecular complexity index is 894. The van der Waals surface area contributed by atoms with Gasteiger partial charge >= 0.3 is 0 Å². The van der Waals surface area contributed by atoms with Gasteiger partial charge in [-0.1, -0.05) is 7.43 Å². The van der Waals surface area contributed by atoms with Gasteiger partial charge in [0.05, 0.1) is 11.7 Å². The number of nitrogens with one attached hydrogen (secondary N) is 2. The van der Waals surface area contributed by atoms with E-state index in [4.69, 9.17) is 0 Å². The monoisotopic (exact) mass is 337 g/mol. The summed E-state index contributed by atoms with van der Waals surface area (Å²) < 4.78 is 1.83. The molecule has 0 spiro atoms. The first-order chi connectivity index (χ1) is 11.7. The van der Waals surface area contributed by atoms with E-state index in [0.717, 1.165) is 28.6 Å². The molecule has 2 N–H and O–H groups in total. The summed E-state index contributed by atoms with van der Waals surface area (Å²) in [4.78, 5) is 0. The van der Waals surface area contributed by atoms with E-state index >= 15 is 0 Å². The van der Waals surface area contributed by atoms with Crippen LogP contribution in [0.5, 0.6) is 0 Å². The number of hydrogen-bond donors (Lipinski definition) is 2. The fourth-order valence-corrected chi connectivity index (χ4v) is 4.81. The van der Waals surface area contributed by atoms with Crippen molar-refractivity contribution in [1.82, 2.24) is 25.3 Å². The SMILES string of the molecule is C.Cc1cc2[nH]nc(-c3cnn(C)c3)c2cc1C1CC2CNCC2C1. The Hall–Kier alpha value is -2.14. The predicted molar refractivity (Wildman–Crippen MR) is 102 cm³/mol. The zero-order valence-corrected chi connectivity index (χ0v) is 14.2. The number of aromatic amines is 1. The Morgan fingerprint density at radius 3 is 2.60 bits per heavy atom. The number of H-pyrrole nitrogens is 1. The molecule has 3 heterocycles. The van der Waals surface area contributed by atoms with Gasteiger partial charge < -0.3 is 5.32 Å². The third-order valence-electron chi connectivity index (χ3n) is 6.02. The summed E-state index contributed by atoms with van der Waals surface area (Å²) in [5.41, 5.74) is 6.12. The van der Waals surface area contributed by atoms with E-state index in [1.165, 1.54) is 42.4 Å². The summed E-state index contributed by atoms with van der Waals surface area (Å²) in [5, 5.41) is 16.8. The topological polar surface area (TPSA) is 58.5 Å². The minimum absolute atomic E-state index is 0. The largest absolute Gasteiger partial charge is 0.316 e. The first-order valence-electron chi connectivity index (χ1n) is 8.87. The van der Waals surface area contributed by atoms with Gasteiger partial charge in [-0.05, 0) is 73.9 Å². The highest BCUT2D eigenvalue weighted by Crippen LogP contribution is 2.45. The highest BCUT2D eigenvalue weighted by molar-refractivity contribution is 5.93. The van der Waals surface area contributed by atoms with Crippen LogP contribution in [-0.2, 0) is 7.05 Å². The molecule has 132 valence electrons. The number of aryl methyl sites for hydroxylation is 2. The van der Waals surface area contributed by atoms with Gasteiger partial charge in [-0.3, -0.25) is 9.78 Å². The maximum atomic E-state index is 4.56. The number of hydrogen-bond acceptors (Lipinski definition) is 3. The van der Waals surface area contributed by atoms with E-state index < -0.39 is 0 Å². The van der Waals surface area contributed by atoms with Crippen LogP contribution in [0, 0.1) is 18.8 Å². The fourth-order valence-electron chi connectivity index (χ4n) is 4.81. The summed E-state index contributed by atoms with van der Waals surface area (Å²) in [7, 11) is 1.94. The Kier molecular flexibility index (Phi) is 3.91. The standard InChI is InChI=1S/C19H23N5.CH4/c1-11-3-18-17(19(23-22-18)15-9-21-24(2)10-15)6-16(11)12-4-13-7-20-8-14(13)5-12;/h3,6,9-10,12-14,20H,4-5,7-8H2,1-2H3,(H,22,23);1H4. The van der Waals surface area contributed by atoms with E-state index in [-0.39, 0.29) is 7.43 Å². The average molecular weight is 337 g/mol. The lowest BCUT2D eigenvalue weighted by atomic mass is 9.90. The Morgan fingerprint density at radius 1 is 1.16 bits per heavy atom. The van der Waals surface area contributed by atoms with E-state index in [0.29, 0.717) is 5.92 Å². The lowest BCUT2D eigenvalue weighted by Crippen LogP contribution is -2.11. The highest BCUT2D eigenvalue weighted by Gasteiger charge is 2.38. The van der Waals surface area contributed by atoms with Crippen LogP contribution in [0.15, 0.2) is 24.5 Å². The van der Waals surface area contributed by atoms with Crippen LogP contribution in [0.3, 0.4) is 0 Å². The minimum Gasteiger partial charge on any atom is -0.316 e. The van der Waals surface area contributed by atoms with Crippen molar-refractivity contribution in [2.45, 2.75) is 33.1 Å². The van der Waals surface area contributed by atoms with Crippen LogP contribution < -0.4 is 5.32 Å². The van der Waals surface area contributed by atoms with Gasteiger partial charge in [0.1, 0.15) is 5.69 Å². The smallest absolute Gasteiger partial charge is 0.103 e. The maximum Gasteiger partial charge on any atom is 0.103 e. The highest BCUT2D eigenvalue weighted by atomic mass is 15.2. The summed E-state index contributed by atoms with van der Waals surface area (Å²) in [6.45, 7) is 4.65. The van der Waals surface area contributed by atoms with Crippen molar-refractivity contribution in [3.63, 3.8) is 0 Å². The maximum absolute atomic E-state index is 4.56. The van der Waals surface area contributed by atoms with Gasteiger partial charge in [-0.15, -0.1) is 0 Å². The number of nitrogens with zero attached hydrogens (tertiary/aromatic N) is 3. The molecule has 2 aliphatic rings. The predicted octanol–water partition coefficient (Wildman–Crippen LogP) is 3.62. The van der Waals surface area contributed by atoms with E-state index in [2.05, 4.69) is 39.7 Å². The van der Waals surface area contributed by atoms with Crippen molar-refractivity contribution >= 4 is 10.9 Å². The molecular formula is C20H27N5. The van der Waals surface area contributed by atoms with Gasteiger partial charge in [0, 0.05) is 24.2 Å². The number of benzene rings is 1. The molecule has 5 rings (SSSR count). The van der Waals surface area contributed by atoms with Crippen molar-refractivity contribution in [3.8, 4) is 11.3 Å². The summed E-state index contributed by atoms with van der Waals surface area (Å²) in [6, 6.07) is 4.65. The lowest BCUT2D eigenvalue weighted by Gasteiger charge is -2.15. The number of rotatable bonds is 2. The molecule has 2 unspecified atom stereocenters. The first-order valence-corrected chi connectivity index (χ1v) is 8.87.